The van der Waals surface area contributed by atoms with Crippen molar-refractivity contribution in [2.45, 2.75) is 22.1 Å². The van der Waals surface area contributed by atoms with Gasteiger partial charge in [0.25, 0.3) is 5.56 Å². The van der Waals surface area contributed by atoms with Crippen LogP contribution in [0.5, 0.6) is 0 Å². The highest BCUT2D eigenvalue weighted by atomic mass is 79.9. The van der Waals surface area contributed by atoms with Gasteiger partial charge >= 0.3 is 11.4 Å². The van der Waals surface area contributed by atoms with Crippen LogP contribution in [0.25, 0.3) is 0 Å². The van der Waals surface area contributed by atoms with E-state index in [0.29, 0.717) is 4.47 Å². The molecule has 0 aliphatic carbocycles. The molecule has 1 aromatic heterocycles. The maximum Gasteiger partial charge on any atom is 0.362 e. The van der Waals surface area contributed by atoms with Crippen molar-refractivity contribution in [3.63, 3.8) is 0 Å². The molecule has 0 radical (unpaired) electrons. The number of carbonyl (C=O) groups is 1. The van der Waals surface area contributed by atoms with Gasteiger partial charge in [0.1, 0.15) is 11.3 Å². The zero-order valence-corrected chi connectivity index (χ0v) is 17.5. The molecule has 0 saturated heterocycles. The number of esters is 1. The fourth-order valence-electron chi connectivity index (χ4n) is 1.88. The molecule has 1 aromatic carbocycles. The van der Waals surface area contributed by atoms with Gasteiger partial charge in [0.15, 0.2) is 0 Å². The fraction of sp³-hybridized carbons (Fsp3) is 0.200. The van der Waals surface area contributed by atoms with Crippen LogP contribution in [-0.4, -0.2) is 17.6 Å². The van der Waals surface area contributed by atoms with E-state index in [1.165, 1.54) is 6.07 Å². The maximum atomic E-state index is 13.5. The average molecular weight is 508 g/mol. The Morgan fingerprint density at radius 1 is 1.38 bits per heavy atom. The van der Waals surface area contributed by atoms with E-state index in [-0.39, 0.29) is 26.4 Å². The van der Waals surface area contributed by atoms with Gasteiger partial charge in [-0.1, -0.05) is 35.0 Å². The molecule has 4 nitrogen and oxygen atoms in total. The van der Waals surface area contributed by atoms with Crippen LogP contribution in [0, 0.1) is 0 Å². The van der Waals surface area contributed by atoms with Crippen LogP contribution in [0.3, 0.4) is 0 Å². The van der Waals surface area contributed by atoms with Crippen molar-refractivity contribution in [2.24, 2.45) is 0 Å². The van der Waals surface area contributed by atoms with Crippen LogP contribution in [0.1, 0.15) is 23.0 Å². The Balaban J connectivity index is 2.69. The quantitative estimate of drug-likeness (QED) is 0.304. The molecule has 0 aliphatic rings. The molecule has 0 amide bonds. The second-order valence-corrected chi connectivity index (χ2v) is 7.91. The number of pyridine rings is 1. The Bertz CT molecular complexity index is 918. The molecule has 2 rings (SSSR count). The van der Waals surface area contributed by atoms with E-state index in [4.69, 9.17) is 39.5 Å². The van der Waals surface area contributed by atoms with Crippen molar-refractivity contribution < 1.29 is 18.3 Å². The number of rotatable bonds is 5. The number of aromatic amines is 1. The van der Waals surface area contributed by atoms with Crippen molar-refractivity contribution in [2.75, 3.05) is 6.61 Å². The van der Waals surface area contributed by atoms with Crippen LogP contribution < -0.4 is 5.56 Å². The Morgan fingerprint density at radius 2 is 2.04 bits per heavy atom. The number of nitrogens with one attached hydrogen (secondary N) is 1. The van der Waals surface area contributed by atoms with Crippen molar-refractivity contribution in [3.8, 4) is 0 Å². The first-order chi connectivity index (χ1) is 12.1. The highest BCUT2D eigenvalue weighted by Gasteiger charge is 2.32. The van der Waals surface area contributed by atoms with Crippen LogP contribution in [0.2, 0.25) is 10.0 Å². The van der Waals surface area contributed by atoms with Gasteiger partial charge in [0.2, 0.25) is 0 Å². The summed E-state index contributed by atoms with van der Waals surface area (Å²) >= 11 is 21.3. The van der Waals surface area contributed by atoms with Crippen molar-refractivity contribution in [1.82, 2.24) is 4.98 Å². The molecule has 0 unspecified atom stereocenters. The standard InChI is InChI=1S/C15H9BrCl3F2NO3S/c1-2-25-14(24)10-8(5-9(15(19,20)21)22-13(10)23)26-12-7(17)4-3-6(16)11(12)18/h3-5H,2H2,1H3,(H,22,23). The lowest BCUT2D eigenvalue weighted by atomic mass is 10.2. The summed E-state index contributed by atoms with van der Waals surface area (Å²) in [6, 6.07) is 4.00. The Kier molecular flexibility index (Phi) is 7.01. The summed E-state index contributed by atoms with van der Waals surface area (Å²) in [5.74, 6) is -0.970. The lowest BCUT2D eigenvalue weighted by molar-refractivity contribution is 0.0517. The highest BCUT2D eigenvalue weighted by Crippen LogP contribution is 2.43. The lowest BCUT2D eigenvalue weighted by Crippen LogP contribution is -2.24. The summed E-state index contributed by atoms with van der Waals surface area (Å²) in [5.41, 5.74) is -2.39. The first kappa shape index (κ1) is 21.5. The molecule has 140 valence electrons. The van der Waals surface area contributed by atoms with Crippen LogP contribution in [0.15, 0.2) is 37.3 Å². The third-order valence-corrected chi connectivity index (χ3v) is 6.19. The van der Waals surface area contributed by atoms with Gasteiger partial charge in [-0.25, -0.2) is 4.79 Å². The molecule has 0 aliphatic heterocycles. The molecule has 0 fully saturated rings. The summed E-state index contributed by atoms with van der Waals surface area (Å²) in [6.07, 6.45) is 0. The molecule has 11 heteroatoms. The van der Waals surface area contributed by atoms with Crippen molar-refractivity contribution in [1.29, 1.82) is 0 Å². The summed E-state index contributed by atoms with van der Waals surface area (Å²) in [5, 5.41) is -3.44. The average Bonchev–Trinajstić information content (AvgIpc) is 2.54. The molecule has 0 spiro atoms. The fourth-order valence-corrected chi connectivity index (χ4v) is 4.08. The van der Waals surface area contributed by atoms with E-state index in [9.17, 15) is 18.4 Å². The van der Waals surface area contributed by atoms with Gasteiger partial charge in [-0.15, -0.1) is 0 Å². The topological polar surface area (TPSA) is 59.2 Å². The minimum Gasteiger partial charge on any atom is -0.462 e. The van der Waals surface area contributed by atoms with Gasteiger partial charge in [0.05, 0.1) is 21.5 Å². The van der Waals surface area contributed by atoms with E-state index < -0.39 is 28.2 Å². The number of ether oxygens (including phenoxy) is 1. The van der Waals surface area contributed by atoms with E-state index in [2.05, 4.69) is 15.9 Å². The second-order valence-electron chi connectivity index (χ2n) is 4.74. The summed E-state index contributed by atoms with van der Waals surface area (Å²) in [7, 11) is 0. The van der Waals surface area contributed by atoms with Gasteiger partial charge in [0, 0.05) is 9.37 Å². The van der Waals surface area contributed by atoms with Crippen LogP contribution >= 0.6 is 62.5 Å². The smallest absolute Gasteiger partial charge is 0.362 e. The highest BCUT2D eigenvalue weighted by molar-refractivity contribution is 9.10. The van der Waals surface area contributed by atoms with Gasteiger partial charge in [-0.2, -0.15) is 8.78 Å². The second kappa shape index (κ2) is 8.48. The number of benzene rings is 1. The molecule has 1 heterocycles. The Labute approximate surface area is 174 Å². The van der Waals surface area contributed by atoms with Crippen molar-refractivity contribution in [3.05, 3.63) is 54.3 Å². The molecule has 0 atom stereocenters. The summed E-state index contributed by atoms with van der Waals surface area (Å²) < 4.78 is 32.3. The molecule has 26 heavy (non-hydrogen) atoms. The lowest BCUT2D eigenvalue weighted by Gasteiger charge is -2.14. The Hall–Kier alpha value is -0.800. The first-order valence-electron chi connectivity index (χ1n) is 6.89. The normalized spacial score (nSPS) is 11.5. The number of aromatic nitrogens is 1. The molecule has 1 N–H and O–H groups in total. The zero-order chi connectivity index (χ0) is 19.6. The SMILES string of the molecule is CCOC(=O)c1c(Sc2c(Cl)ccc(Br)c2Cl)cc(C(F)(F)Cl)[nH]c1=O. The Morgan fingerprint density at radius 3 is 2.62 bits per heavy atom. The van der Waals surface area contributed by atoms with Crippen LogP contribution in [0.4, 0.5) is 8.78 Å². The maximum absolute atomic E-state index is 13.5. The van der Waals surface area contributed by atoms with Gasteiger partial charge < -0.3 is 9.72 Å². The molecule has 0 saturated carbocycles. The van der Waals surface area contributed by atoms with E-state index in [0.717, 1.165) is 17.8 Å². The van der Waals surface area contributed by atoms with Gasteiger partial charge in [-0.05, 0) is 52.7 Å². The predicted octanol–water partition coefficient (Wildman–Crippen LogP) is 6.06. The molecule has 2 aromatic rings. The summed E-state index contributed by atoms with van der Waals surface area (Å²) in [6.45, 7) is 1.54. The third kappa shape index (κ3) is 4.72. The predicted molar refractivity (Wildman–Crippen MR) is 101 cm³/mol. The first-order valence-corrected chi connectivity index (χ1v) is 9.63. The number of H-pyrrole nitrogens is 1. The largest absolute Gasteiger partial charge is 0.462 e. The third-order valence-electron chi connectivity index (χ3n) is 3.00. The minimum atomic E-state index is -3.84. The van der Waals surface area contributed by atoms with Crippen LogP contribution in [-0.2, 0) is 10.1 Å². The molecular formula is C15H9BrCl3F2NO3S. The number of halogens is 6. The number of carbonyl (C=O) groups excluding carboxylic acids is 1. The molecular weight excluding hydrogens is 498 g/mol. The number of hydrogen-bond donors (Lipinski definition) is 1. The summed E-state index contributed by atoms with van der Waals surface area (Å²) in [4.78, 5) is 26.4. The minimum absolute atomic E-state index is 0.00576. The monoisotopic (exact) mass is 505 g/mol. The van der Waals surface area contributed by atoms with Gasteiger partial charge in [-0.3, -0.25) is 4.79 Å². The zero-order valence-electron chi connectivity index (χ0n) is 12.8. The number of alkyl halides is 3. The van der Waals surface area contributed by atoms with E-state index in [1.54, 1.807) is 13.0 Å². The molecule has 0 bridgehead atoms. The van der Waals surface area contributed by atoms with E-state index in [1.807, 2.05) is 4.98 Å². The van der Waals surface area contributed by atoms with Crippen molar-refractivity contribution >= 4 is 68.5 Å². The van der Waals surface area contributed by atoms with E-state index >= 15 is 0 Å². The number of hydrogen-bond acceptors (Lipinski definition) is 4.